The molecule has 2 fully saturated rings. The van der Waals surface area contributed by atoms with Crippen LogP contribution in [-0.2, 0) is 11.3 Å². The third-order valence-electron chi connectivity index (χ3n) is 7.08. The monoisotopic (exact) mass is 451 g/mol. The van der Waals surface area contributed by atoms with Gasteiger partial charge < -0.3 is 19.4 Å². The van der Waals surface area contributed by atoms with Gasteiger partial charge in [0.1, 0.15) is 12.1 Å². The van der Waals surface area contributed by atoms with Crippen LogP contribution in [0.15, 0.2) is 30.3 Å². The van der Waals surface area contributed by atoms with E-state index in [1.54, 1.807) is 0 Å². The van der Waals surface area contributed by atoms with E-state index in [9.17, 15) is 14.4 Å². The molecule has 1 saturated carbocycles. The Hall–Kier alpha value is -3.29. The number of rotatable bonds is 5. The Kier molecular flexibility index (Phi) is 5.38. The molecule has 174 valence electrons. The molecular weight excluding hydrogens is 422 g/mol. The minimum atomic E-state index is -0.818. The molecule has 8 nitrogen and oxygen atoms in total. The van der Waals surface area contributed by atoms with Crippen LogP contribution >= 0.6 is 0 Å². The van der Waals surface area contributed by atoms with E-state index in [1.807, 2.05) is 48.7 Å². The molecule has 2 aliphatic heterocycles. The summed E-state index contributed by atoms with van der Waals surface area (Å²) < 4.78 is 13.9. The van der Waals surface area contributed by atoms with Crippen molar-refractivity contribution in [1.82, 2.24) is 14.8 Å². The Morgan fingerprint density at radius 3 is 2.61 bits per heavy atom. The molecule has 0 bridgehead atoms. The number of fused-ring (bicyclic) bond motifs is 1. The minimum absolute atomic E-state index is 0.190. The van der Waals surface area contributed by atoms with Gasteiger partial charge in [-0.3, -0.25) is 14.5 Å². The number of amides is 3. The zero-order chi connectivity index (χ0) is 23.2. The number of aryl methyl sites for hydroxylation is 1. The number of para-hydroxylation sites is 2. The number of hydrogen-bond acceptors (Lipinski definition) is 5. The molecule has 1 spiro atoms. The van der Waals surface area contributed by atoms with E-state index >= 15 is 0 Å². The molecule has 1 unspecified atom stereocenters. The number of carbonyl (C=O) groups excluding carboxylic acids is 3. The van der Waals surface area contributed by atoms with Gasteiger partial charge >= 0.3 is 6.03 Å². The molecule has 3 aliphatic rings. The van der Waals surface area contributed by atoms with Crippen LogP contribution in [0.2, 0.25) is 0 Å². The Morgan fingerprint density at radius 2 is 1.85 bits per heavy atom. The lowest BCUT2D eigenvalue weighted by Gasteiger charge is -2.30. The SMILES string of the molecule is Cc1cc(C(=O)CN2C(=O)NC3(CCCCC3)C2=O)c(C)n1CC1COc2ccccc2O1. The molecule has 1 atom stereocenters. The normalized spacial score (nSPS) is 21.4. The largest absolute Gasteiger partial charge is 0.486 e. The lowest BCUT2D eigenvalue weighted by molar-refractivity contribution is -0.132. The Labute approximate surface area is 192 Å². The fraction of sp³-hybridized carbons (Fsp3) is 0.480. The summed E-state index contributed by atoms with van der Waals surface area (Å²) in [6.45, 7) is 4.53. The van der Waals surface area contributed by atoms with Crippen LogP contribution in [0.1, 0.15) is 53.8 Å². The van der Waals surface area contributed by atoms with Gasteiger partial charge in [0.2, 0.25) is 0 Å². The summed E-state index contributed by atoms with van der Waals surface area (Å²) in [5, 5.41) is 2.87. The summed E-state index contributed by atoms with van der Waals surface area (Å²) in [7, 11) is 0. The number of nitrogens with one attached hydrogen (secondary N) is 1. The predicted molar refractivity (Wildman–Crippen MR) is 121 cm³/mol. The number of hydrogen-bond donors (Lipinski definition) is 1. The second-order valence-electron chi connectivity index (χ2n) is 9.28. The number of carbonyl (C=O) groups is 3. The summed E-state index contributed by atoms with van der Waals surface area (Å²) >= 11 is 0. The molecule has 1 N–H and O–H groups in total. The minimum Gasteiger partial charge on any atom is -0.486 e. The van der Waals surface area contributed by atoms with Crippen molar-refractivity contribution in [3.05, 3.63) is 47.3 Å². The van der Waals surface area contributed by atoms with Crippen LogP contribution in [-0.4, -0.2) is 52.0 Å². The molecule has 1 aromatic carbocycles. The van der Waals surface area contributed by atoms with E-state index in [2.05, 4.69) is 5.32 Å². The number of urea groups is 1. The first kappa shape index (κ1) is 21.6. The number of ether oxygens (including phenoxy) is 2. The quantitative estimate of drug-likeness (QED) is 0.556. The first-order valence-electron chi connectivity index (χ1n) is 11.6. The topological polar surface area (TPSA) is 89.9 Å². The Morgan fingerprint density at radius 1 is 1.12 bits per heavy atom. The van der Waals surface area contributed by atoms with Gasteiger partial charge in [0.15, 0.2) is 23.4 Å². The predicted octanol–water partition coefficient (Wildman–Crippen LogP) is 3.38. The van der Waals surface area contributed by atoms with Crippen LogP contribution in [0.25, 0.3) is 0 Å². The number of benzene rings is 1. The van der Waals surface area contributed by atoms with Crippen LogP contribution in [0, 0.1) is 13.8 Å². The smallest absolute Gasteiger partial charge is 0.325 e. The highest BCUT2D eigenvalue weighted by Gasteiger charge is 2.51. The van der Waals surface area contributed by atoms with Crippen molar-refractivity contribution < 1.29 is 23.9 Å². The van der Waals surface area contributed by atoms with Gasteiger partial charge in [0, 0.05) is 17.0 Å². The number of Topliss-reactive ketones (excluding diaryl/α,β-unsaturated/α-hetero) is 1. The highest BCUT2D eigenvalue weighted by Crippen LogP contribution is 2.34. The van der Waals surface area contributed by atoms with Crippen molar-refractivity contribution in [2.24, 2.45) is 0 Å². The maximum Gasteiger partial charge on any atom is 0.325 e. The highest BCUT2D eigenvalue weighted by atomic mass is 16.6. The molecule has 33 heavy (non-hydrogen) atoms. The van der Waals surface area contributed by atoms with Gasteiger partial charge in [-0.15, -0.1) is 0 Å². The van der Waals surface area contributed by atoms with Crippen LogP contribution in [0.5, 0.6) is 11.5 Å². The standard InChI is InChI=1S/C25H29N3O5/c1-16-12-19(17(2)27(16)13-18-15-32-21-8-4-5-9-22(21)33-18)20(29)14-28-23(30)25(26-24(28)31)10-6-3-7-11-25/h4-5,8-9,12,18H,3,6-7,10-11,13-15H2,1-2H3,(H,26,31). The zero-order valence-corrected chi connectivity index (χ0v) is 19.1. The third kappa shape index (κ3) is 3.77. The second kappa shape index (κ2) is 8.24. The number of aromatic nitrogens is 1. The van der Waals surface area contributed by atoms with Crippen LogP contribution in [0.4, 0.5) is 4.79 Å². The molecule has 1 aromatic heterocycles. The maximum atomic E-state index is 13.2. The molecule has 1 aliphatic carbocycles. The molecule has 1 saturated heterocycles. The lowest BCUT2D eigenvalue weighted by atomic mass is 9.82. The fourth-order valence-electron chi connectivity index (χ4n) is 5.26. The highest BCUT2D eigenvalue weighted by molar-refractivity contribution is 6.11. The second-order valence-corrected chi connectivity index (χ2v) is 9.28. The maximum absolute atomic E-state index is 13.2. The first-order chi connectivity index (χ1) is 15.9. The number of nitrogens with zero attached hydrogens (tertiary/aromatic N) is 2. The van der Waals surface area contributed by atoms with Gasteiger partial charge in [-0.05, 0) is 44.9 Å². The van der Waals surface area contributed by atoms with Gasteiger partial charge in [-0.25, -0.2) is 4.79 Å². The summed E-state index contributed by atoms with van der Waals surface area (Å²) in [6, 6.07) is 8.92. The molecule has 0 radical (unpaired) electrons. The summed E-state index contributed by atoms with van der Waals surface area (Å²) in [5.41, 5.74) is 1.41. The molecule has 2 aromatic rings. The van der Waals surface area contributed by atoms with Gasteiger partial charge in [-0.1, -0.05) is 31.4 Å². The average molecular weight is 452 g/mol. The van der Waals surface area contributed by atoms with E-state index < -0.39 is 11.6 Å². The van der Waals surface area contributed by atoms with E-state index in [0.717, 1.165) is 41.3 Å². The Balaban J connectivity index is 1.30. The molecule has 8 heteroatoms. The third-order valence-corrected chi connectivity index (χ3v) is 7.08. The molecule has 3 amide bonds. The van der Waals surface area contributed by atoms with Crippen molar-refractivity contribution >= 4 is 17.7 Å². The van der Waals surface area contributed by atoms with E-state index in [1.165, 1.54) is 0 Å². The lowest BCUT2D eigenvalue weighted by Crippen LogP contribution is -2.48. The van der Waals surface area contributed by atoms with Gasteiger partial charge in [0.05, 0.1) is 13.1 Å². The van der Waals surface area contributed by atoms with Crippen molar-refractivity contribution in [1.29, 1.82) is 0 Å². The summed E-state index contributed by atoms with van der Waals surface area (Å²) in [6.07, 6.45) is 3.98. The number of imide groups is 1. The Bertz CT molecular complexity index is 1120. The van der Waals surface area contributed by atoms with Crippen molar-refractivity contribution in [3.8, 4) is 11.5 Å². The van der Waals surface area contributed by atoms with Gasteiger partial charge in [-0.2, -0.15) is 0 Å². The van der Waals surface area contributed by atoms with E-state index in [-0.39, 0.29) is 24.3 Å². The van der Waals surface area contributed by atoms with Gasteiger partial charge in [0.25, 0.3) is 5.91 Å². The molecular formula is C25H29N3O5. The average Bonchev–Trinajstić information content (AvgIpc) is 3.22. The summed E-state index contributed by atoms with van der Waals surface area (Å²) in [4.78, 5) is 39.8. The van der Waals surface area contributed by atoms with E-state index in [0.29, 0.717) is 37.3 Å². The number of ketones is 1. The first-order valence-corrected chi connectivity index (χ1v) is 11.6. The summed E-state index contributed by atoms with van der Waals surface area (Å²) in [5.74, 6) is 0.940. The van der Waals surface area contributed by atoms with Crippen LogP contribution < -0.4 is 14.8 Å². The zero-order valence-electron chi connectivity index (χ0n) is 19.1. The molecule has 3 heterocycles. The molecule has 5 rings (SSSR count). The fourth-order valence-corrected chi connectivity index (χ4v) is 5.26. The van der Waals surface area contributed by atoms with Crippen molar-refractivity contribution in [3.63, 3.8) is 0 Å². The van der Waals surface area contributed by atoms with E-state index in [4.69, 9.17) is 9.47 Å². The van der Waals surface area contributed by atoms with Crippen molar-refractivity contribution in [2.45, 2.75) is 64.1 Å². The van der Waals surface area contributed by atoms with Crippen molar-refractivity contribution in [2.75, 3.05) is 13.2 Å². The van der Waals surface area contributed by atoms with Crippen LogP contribution in [0.3, 0.4) is 0 Å².